The van der Waals surface area contributed by atoms with Crippen molar-refractivity contribution in [3.8, 4) is 0 Å². The molecule has 0 spiro atoms. The van der Waals surface area contributed by atoms with E-state index in [-0.39, 0.29) is 0 Å². The van der Waals surface area contributed by atoms with Crippen LogP contribution in [-0.2, 0) is 6.54 Å². The normalized spacial score (nSPS) is 22.4. The Morgan fingerprint density at radius 3 is 2.94 bits per heavy atom. The zero-order chi connectivity index (χ0) is 12.1. The van der Waals surface area contributed by atoms with E-state index < -0.39 is 0 Å². The molecule has 0 N–H and O–H groups in total. The lowest BCUT2D eigenvalue weighted by atomic mass is 10.1. The van der Waals surface area contributed by atoms with Gasteiger partial charge in [-0.05, 0) is 37.1 Å². The van der Waals surface area contributed by atoms with Crippen molar-refractivity contribution in [2.75, 3.05) is 12.4 Å². The van der Waals surface area contributed by atoms with Crippen molar-refractivity contribution >= 4 is 27.5 Å². The Bertz CT molecular complexity index is 356. The summed E-state index contributed by atoms with van der Waals surface area (Å²) < 4.78 is 1.16. The number of rotatable bonds is 3. The Labute approximate surface area is 117 Å². The van der Waals surface area contributed by atoms with Gasteiger partial charge in [-0.2, -0.15) is 0 Å². The van der Waals surface area contributed by atoms with Crippen LogP contribution in [0.2, 0.25) is 0 Å². The van der Waals surface area contributed by atoms with Gasteiger partial charge in [-0.25, -0.2) is 0 Å². The van der Waals surface area contributed by atoms with Gasteiger partial charge in [0.05, 0.1) is 0 Å². The molecule has 1 heterocycles. The summed E-state index contributed by atoms with van der Waals surface area (Å²) in [4.78, 5) is 2.54. The first-order chi connectivity index (χ1) is 8.29. The number of hydrogen-bond donors (Lipinski definition) is 0. The van der Waals surface area contributed by atoms with Gasteiger partial charge in [0.1, 0.15) is 0 Å². The van der Waals surface area contributed by atoms with Crippen LogP contribution in [0.4, 0.5) is 0 Å². The lowest BCUT2D eigenvalue weighted by Crippen LogP contribution is -2.35. The largest absolute Gasteiger partial charge is 0.295 e. The van der Waals surface area contributed by atoms with Gasteiger partial charge in [-0.1, -0.05) is 40.9 Å². The minimum absolute atomic E-state index is 0.554. The van der Waals surface area contributed by atoms with Crippen LogP contribution in [0.5, 0.6) is 0 Å². The van der Waals surface area contributed by atoms with Gasteiger partial charge >= 0.3 is 0 Å². The number of benzene rings is 1. The first-order valence-electron chi connectivity index (χ1n) is 6.34. The van der Waals surface area contributed by atoms with E-state index in [9.17, 15) is 0 Å². The third kappa shape index (κ3) is 3.97. The molecule has 3 heteroatoms. The van der Waals surface area contributed by atoms with E-state index in [1.807, 2.05) is 0 Å². The maximum absolute atomic E-state index is 6.09. The number of likely N-dealkylation sites (tertiary alicyclic amines) is 1. The molecule has 1 aromatic carbocycles. The Balaban J connectivity index is 2.04. The molecule has 1 saturated heterocycles. The number of nitrogens with zero attached hydrogens (tertiary/aromatic N) is 1. The van der Waals surface area contributed by atoms with Crippen molar-refractivity contribution in [3.63, 3.8) is 0 Å². The number of halogens is 2. The maximum Gasteiger partial charge on any atom is 0.0379 e. The van der Waals surface area contributed by atoms with Crippen molar-refractivity contribution < 1.29 is 0 Å². The smallest absolute Gasteiger partial charge is 0.0379 e. The van der Waals surface area contributed by atoms with Crippen LogP contribution < -0.4 is 0 Å². The number of hydrogen-bond acceptors (Lipinski definition) is 1. The quantitative estimate of drug-likeness (QED) is 0.746. The van der Waals surface area contributed by atoms with Crippen molar-refractivity contribution in [2.45, 2.75) is 38.3 Å². The lowest BCUT2D eigenvalue weighted by molar-refractivity contribution is 0.207. The summed E-state index contributed by atoms with van der Waals surface area (Å²) in [6.07, 6.45) is 5.23. The molecule has 17 heavy (non-hydrogen) atoms. The van der Waals surface area contributed by atoms with Gasteiger partial charge in [0.15, 0.2) is 0 Å². The summed E-state index contributed by atoms with van der Waals surface area (Å²) in [7, 11) is 0. The predicted octanol–water partition coefficient (Wildman–Crippen LogP) is 4.43. The Morgan fingerprint density at radius 2 is 2.18 bits per heavy atom. The maximum atomic E-state index is 6.09. The second-order valence-electron chi connectivity index (χ2n) is 4.76. The summed E-state index contributed by atoms with van der Waals surface area (Å²) in [6, 6.07) is 9.13. The van der Waals surface area contributed by atoms with E-state index in [4.69, 9.17) is 11.6 Å². The van der Waals surface area contributed by atoms with E-state index in [0.29, 0.717) is 6.04 Å². The molecule has 1 aliphatic rings. The van der Waals surface area contributed by atoms with Crippen LogP contribution in [-0.4, -0.2) is 23.4 Å². The minimum atomic E-state index is 0.554. The molecule has 0 saturated carbocycles. The van der Waals surface area contributed by atoms with Gasteiger partial charge in [0.25, 0.3) is 0 Å². The zero-order valence-corrected chi connectivity index (χ0v) is 12.4. The summed E-state index contributed by atoms with van der Waals surface area (Å²) >= 11 is 9.62. The fourth-order valence-electron chi connectivity index (χ4n) is 2.49. The highest BCUT2D eigenvalue weighted by atomic mass is 79.9. The molecule has 1 unspecified atom stereocenters. The molecule has 1 aliphatic heterocycles. The number of alkyl halides is 1. The predicted molar refractivity (Wildman–Crippen MR) is 77.5 cm³/mol. The highest BCUT2D eigenvalue weighted by molar-refractivity contribution is 9.10. The molecule has 0 aromatic heterocycles. The van der Waals surface area contributed by atoms with Crippen LogP contribution in [0.25, 0.3) is 0 Å². The van der Waals surface area contributed by atoms with Crippen LogP contribution >= 0.6 is 27.5 Å². The molecular formula is C14H19BrClN. The van der Waals surface area contributed by atoms with Crippen molar-refractivity contribution in [1.29, 1.82) is 0 Å². The van der Waals surface area contributed by atoms with Crippen LogP contribution in [0.1, 0.15) is 31.2 Å². The average Bonchev–Trinajstić information content (AvgIpc) is 2.54. The second-order valence-corrected chi connectivity index (χ2v) is 5.98. The molecule has 94 valence electrons. The molecule has 0 amide bonds. The van der Waals surface area contributed by atoms with Gasteiger partial charge < -0.3 is 0 Å². The van der Waals surface area contributed by atoms with Gasteiger partial charge in [-0.3, -0.25) is 4.90 Å². The molecule has 1 aromatic rings. The average molecular weight is 317 g/mol. The van der Waals surface area contributed by atoms with Crippen LogP contribution in [0, 0.1) is 0 Å². The highest BCUT2D eigenvalue weighted by Gasteiger charge is 2.19. The molecule has 1 nitrogen and oxygen atoms in total. The van der Waals surface area contributed by atoms with E-state index in [1.54, 1.807) is 0 Å². The molecule has 1 atom stereocenters. The zero-order valence-electron chi connectivity index (χ0n) is 10.0. The molecule has 0 radical (unpaired) electrons. The molecular weight excluding hydrogens is 298 g/mol. The molecule has 2 rings (SSSR count). The lowest BCUT2D eigenvalue weighted by Gasteiger charge is -2.28. The fourth-order valence-corrected chi connectivity index (χ4v) is 3.29. The van der Waals surface area contributed by atoms with Crippen molar-refractivity contribution in [3.05, 3.63) is 34.3 Å². The van der Waals surface area contributed by atoms with Gasteiger partial charge in [-0.15, -0.1) is 11.6 Å². The second kappa shape index (κ2) is 6.77. The van der Waals surface area contributed by atoms with Gasteiger partial charge in [0.2, 0.25) is 0 Å². The van der Waals surface area contributed by atoms with Crippen molar-refractivity contribution in [2.24, 2.45) is 0 Å². The third-order valence-corrected chi connectivity index (χ3v) is 4.30. The minimum Gasteiger partial charge on any atom is -0.295 e. The SMILES string of the molecule is ClCC1CCCCCN1Cc1cccc(Br)c1. The third-order valence-electron chi connectivity index (χ3n) is 3.45. The summed E-state index contributed by atoms with van der Waals surface area (Å²) in [5.74, 6) is 0.758. The van der Waals surface area contributed by atoms with E-state index in [0.717, 1.165) is 16.9 Å². The summed E-state index contributed by atoms with van der Waals surface area (Å²) in [5.41, 5.74) is 1.37. The Hall–Kier alpha value is -0.0500. The van der Waals surface area contributed by atoms with Gasteiger partial charge in [0, 0.05) is 22.9 Å². The Morgan fingerprint density at radius 1 is 1.29 bits per heavy atom. The summed E-state index contributed by atoms with van der Waals surface area (Å²) in [5, 5.41) is 0. The molecule has 0 aliphatic carbocycles. The molecule has 0 bridgehead atoms. The van der Waals surface area contributed by atoms with Crippen molar-refractivity contribution in [1.82, 2.24) is 4.90 Å². The first kappa shape index (κ1) is 13.4. The summed E-state index contributed by atoms with van der Waals surface area (Å²) in [6.45, 7) is 2.21. The van der Waals surface area contributed by atoms with E-state index >= 15 is 0 Å². The fraction of sp³-hybridized carbons (Fsp3) is 0.571. The first-order valence-corrected chi connectivity index (χ1v) is 7.67. The van der Waals surface area contributed by atoms with Crippen LogP contribution in [0.3, 0.4) is 0 Å². The molecule has 1 fully saturated rings. The monoisotopic (exact) mass is 315 g/mol. The Kier molecular flexibility index (Phi) is 5.33. The van der Waals surface area contributed by atoms with E-state index in [1.165, 1.54) is 37.8 Å². The van der Waals surface area contributed by atoms with Crippen LogP contribution in [0.15, 0.2) is 28.7 Å². The highest BCUT2D eigenvalue weighted by Crippen LogP contribution is 2.21. The van der Waals surface area contributed by atoms with E-state index in [2.05, 4.69) is 45.1 Å². The topological polar surface area (TPSA) is 3.24 Å². The standard InChI is InChI=1S/C14H19BrClN/c15-13-6-4-5-12(9-13)11-17-8-3-1-2-7-14(17)10-16/h4-6,9,14H,1-3,7-8,10-11H2.